The molecule has 0 saturated heterocycles. The average molecular weight is 347 g/mol. The van der Waals surface area contributed by atoms with Crippen LogP contribution < -0.4 is 13.9 Å². The van der Waals surface area contributed by atoms with Gasteiger partial charge in [0.05, 0.1) is 12.1 Å². The van der Waals surface area contributed by atoms with E-state index in [0.717, 1.165) is 12.8 Å². The number of terminal acetylenes is 1. The van der Waals surface area contributed by atoms with Crippen molar-refractivity contribution in [3.8, 4) is 18.1 Å². The van der Waals surface area contributed by atoms with Gasteiger partial charge in [0.15, 0.2) is 0 Å². The first-order valence-electron chi connectivity index (χ1n) is 5.28. The Labute approximate surface area is 114 Å². The third-order valence-electron chi connectivity index (χ3n) is 2.14. The molecule has 0 aliphatic heterocycles. The van der Waals surface area contributed by atoms with Gasteiger partial charge in [0.25, 0.3) is 0 Å². The standard InChI is InChI=1S/C12H14INO3/c1-3-5-10(14-13)11-7-9(16-6-4-2)8-12(15)17-11/h2,7-8,10,14H,3,5-6H2,1H3/t10-/m1/s1. The van der Waals surface area contributed by atoms with E-state index in [2.05, 4.69) is 16.4 Å². The van der Waals surface area contributed by atoms with E-state index in [-0.39, 0.29) is 12.6 Å². The van der Waals surface area contributed by atoms with Crippen LogP contribution >= 0.6 is 22.9 Å². The highest BCUT2D eigenvalue weighted by atomic mass is 127. The van der Waals surface area contributed by atoms with Crippen LogP contribution in [0, 0.1) is 12.3 Å². The van der Waals surface area contributed by atoms with Gasteiger partial charge in [-0.25, -0.2) is 4.79 Å². The molecule has 0 aliphatic rings. The second-order valence-corrected chi connectivity index (χ2v) is 4.08. The van der Waals surface area contributed by atoms with Gasteiger partial charge in [0.2, 0.25) is 0 Å². The van der Waals surface area contributed by atoms with Crippen molar-refractivity contribution in [3.63, 3.8) is 0 Å². The van der Waals surface area contributed by atoms with Crippen molar-refractivity contribution in [1.29, 1.82) is 0 Å². The molecule has 1 heterocycles. The molecule has 1 rings (SSSR count). The van der Waals surface area contributed by atoms with Crippen LogP contribution in [0.25, 0.3) is 0 Å². The van der Waals surface area contributed by atoms with Crippen LogP contribution in [0.1, 0.15) is 31.6 Å². The van der Waals surface area contributed by atoms with Gasteiger partial charge in [-0.1, -0.05) is 19.3 Å². The molecule has 92 valence electrons. The van der Waals surface area contributed by atoms with Crippen molar-refractivity contribution in [3.05, 3.63) is 28.3 Å². The van der Waals surface area contributed by atoms with Crippen LogP contribution in [-0.2, 0) is 0 Å². The van der Waals surface area contributed by atoms with E-state index in [4.69, 9.17) is 15.6 Å². The van der Waals surface area contributed by atoms with Gasteiger partial charge in [-0.3, -0.25) is 3.53 Å². The highest BCUT2D eigenvalue weighted by Crippen LogP contribution is 2.22. The SMILES string of the molecule is C#CCOc1cc([C@@H](CCC)NI)oc(=O)c1. The first kappa shape index (κ1) is 14.1. The monoisotopic (exact) mass is 347 g/mol. The summed E-state index contributed by atoms with van der Waals surface area (Å²) in [5.74, 6) is 3.37. The molecule has 1 aromatic heterocycles. The molecular weight excluding hydrogens is 333 g/mol. The van der Waals surface area contributed by atoms with Crippen LogP contribution in [-0.4, -0.2) is 6.61 Å². The zero-order valence-corrected chi connectivity index (χ0v) is 11.7. The van der Waals surface area contributed by atoms with Gasteiger partial charge in [-0.15, -0.1) is 6.42 Å². The van der Waals surface area contributed by atoms with Crippen LogP contribution in [0.15, 0.2) is 21.3 Å². The molecule has 4 nitrogen and oxygen atoms in total. The highest BCUT2D eigenvalue weighted by Gasteiger charge is 2.13. The molecule has 17 heavy (non-hydrogen) atoms. The highest BCUT2D eigenvalue weighted by molar-refractivity contribution is 14.1. The van der Waals surface area contributed by atoms with E-state index in [1.54, 1.807) is 6.07 Å². The lowest BCUT2D eigenvalue weighted by Crippen LogP contribution is -2.13. The smallest absolute Gasteiger partial charge is 0.339 e. The number of ether oxygens (including phenoxy) is 1. The van der Waals surface area contributed by atoms with Gasteiger partial charge >= 0.3 is 5.63 Å². The minimum Gasteiger partial charge on any atom is -0.481 e. The minimum absolute atomic E-state index is 0.00249. The molecule has 1 N–H and O–H groups in total. The van der Waals surface area contributed by atoms with Crippen molar-refractivity contribution < 1.29 is 9.15 Å². The Hall–Kier alpha value is -1.00. The number of halogens is 1. The van der Waals surface area contributed by atoms with E-state index in [1.807, 2.05) is 22.9 Å². The molecule has 0 bridgehead atoms. The minimum atomic E-state index is -0.428. The second kappa shape index (κ2) is 7.35. The quantitative estimate of drug-likeness (QED) is 0.488. The molecule has 0 aliphatic carbocycles. The summed E-state index contributed by atoms with van der Waals surface area (Å²) in [6.45, 7) is 2.21. The summed E-state index contributed by atoms with van der Waals surface area (Å²) < 4.78 is 13.4. The van der Waals surface area contributed by atoms with Crippen LogP contribution in [0.3, 0.4) is 0 Å². The summed E-state index contributed by atoms with van der Waals surface area (Å²) in [4.78, 5) is 11.4. The van der Waals surface area contributed by atoms with Gasteiger partial charge < -0.3 is 9.15 Å². The first-order valence-corrected chi connectivity index (χ1v) is 6.36. The number of hydrogen-bond acceptors (Lipinski definition) is 4. The maximum Gasteiger partial charge on any atom is 0.339 e. The van der Waals surface area contributed by atoms with E-state index >= 15 is 0 Å². The average Bonchev–Trinajstić information content (AvgIpc) is 2.32. The molecule has 0 saturated carbocycles. The molecule has 0 fully saturated rings. The zero-order chi connectivity index (χ0) is 12.7. The maximum absolute atomic E-state index is 11.4. The topological polar surface area (TPSA) is 51.5 Å². The largest absolute Gasteiger partial charge is 0.481 e. The maximum atomic E-state index is 11.4. The van der Waals surface area contributed by atoms with Gasteiger partial charge in [-0.2, -0.15) is 0 Å². The summed E-state index contributed by atoms with van der Waals surface area (Å²) in [7, 11) is 0. The predicted octanol–water partition coefficient (Wildman–Crippen LogP) is 2.43. The molecule has 1 atom stereocenters. The molecule has 0 unspecified atom stereocenters. The second-order valence-electron chi connectivity index (χ2n) is 3.46. The fourth-order valence-corrected chi connectivity index (χ4v) is 2.01. The van der Waals surface area contributed by atoms with Gasteiger partial charge in [-0.05, 0) is 6.42 Å². The van der Waals surface area contributed by atoms with E-state index in [0.29, 0.717) is 11.5 Å². The van der Waals surface area contributed by atoms with E-state index in [1.165, 1.54) is 6.07 Å². The van der Waals surface area contributed by atoms with Crippen molar-refractivity contribution in [1.82, 2.24) is 3.53 Å². The van der Waals surface area contributed by atoms with Crippen molar-refractivity contribution in [2.75, 3.05) is 6.61 Å². The Morgan fingerprint density at radius 2 is 2.41 bits per heavy atom. The predicted molar refractivity (Wildman–Crippen MR) is 74.1 cm³/mol. The lowest BCUT2D eigenvalue weighted by molar-refractivity contribution is 0.348. The first-order chi connectivity index (χ1) is 8.21. The Bertz CT molecular complexity index is 450. The number of nitrogens with one attached hydrogen (secondary N) is 1. The normalized spacial score (nSPS) is 11.8. The zero-order valence-electron chi connectivity index (χ0n) is 9.53. The third kappa shape index (κ3) is 4.40. The van der Waals surface area contributed by atoms with Crippen LogP contribution in [0.5, 0.6) is 5.75 Å². The molecule has 0 radical (unpaired) electrons. The summed E-state index contributed by atoms with van der Waals surface area (Å²) in [5.41, 5.74) is -0.428. The van der Waals surface area contributed by atoms with Gasteiger partial charge in [0.1, 0.15) is 18.1 Å². The summed E-state index contributed by atoms with van der Waals surface area (Å²) in [6, 6.07) is 2.99. The summed E-state index contributed by atoms with van der Waals surface area (Å²) in [5, 5.41) is 0. The summed E-state index contributed by atoms with van der Waals surface area (Å²) in [6.07, 6.45) is 6.96. The molecule has 0 aromatic carbocycles. The molecule has 0 amide bonds. The molecule has 5 heteroatoms. The Kier molecular flexibility index (Phi) is 6.08. The van der Waals surface area contributed by atoms with Crippen molar-refractivity contribution >= 4 is 22.9 Å². The molecule has 0 spiro atoms. The number of rotatable bonds is 6. The Morgan fingerprint density at radius 3 is 3.00 bits per heavy atom. The lowest BCUT2D eigenvalue weighted by atomic mass is 10.1. The van der Waals surface area contributed by atoms with Crippen molar-refractivity contribution in [2.24, 2.45) is 0 Å². The fraction of sp³-hybridized carbons (Fsp3) is 0.417. The summed E-state index contributed by atoms with van der Waals surface area (Å²) >= 11 is 2.04. The Balaban J connectivity index is 2.95. The van der Waals surface area contributed by atoms with Crippen molar-refractivity contribution in [2.45, 2.75) is 25.8 Å². The van der Waals surface area contributed by atoms with E-state index in [9.17, 15) is 4.79 Å². The van der Waals surface area contributed by atoms with Crippen LogP contribution in [0.2, 0.25) is 0 Å². The Morgan fingerprint density at radius 1 is 1.65 bits per heavy atom. The third-order valence-corrected chi connectivity index (χ3v) is 2.89. The van der Waals surface area contributed by atoms with E-state index < -0.39 is 5.63 Å². The lowest BCUT2D eigenvalue weighted by Gasteiger charge is -2.13. The molecular formula is C12H14INO3. The molecule has 1 aromatic rings. The fourth-order valence-electron chi connectivity index (χ4n) is 1.39. The number of hydrogen-bond donors (Lipinski definition) is 1. The van der Waals surface area contributed by atoms with Crippen LogP contribution in [0.4, 0.5) is 0 Å². The van der Waals surface area contributed by atoms with Gasteiger partial charge in [0, 0.05) is 28.9 Å².